The summed E-state index contributed by atoms with van der Waals surface area (Å²) in [6, 6.07) is 10.9. The van der Waals surface area contributed by atoms with Crippen molar-refractivity contribution in [3.05, 3.63) is 54.6 Å². The molecule has 72 valence electrons. The average Bonchev–Trinajstić information content (AvgIpc) is 2.65. The number of aryl methyl sites for hydroxylation is 1. The van der Waals surface area contributed by atoms with Gasteiger partial charge in [-0.2, -0.15) is 0 Å². The molecule has 14 heavy (non-hydrogen) atoms. The van der Waals surface area contributed by atoms with Gasteiger partial charge in [0.05, 0.1) is 7.05 Å². The molecule has 0 spiro atoms. The van der Waals surface area contributed by atoms with E-state index in [0.29, 0.717) is 6.04 Å². The predicted molar refractivity (Wildman–Crippen MR) is 55.9 cm³/mol. The summed E-state index contributed by atoms with van der Waals surface area (Å²) in [5.41, 5.74) is 1.34. The average molecular weight is 187 g/mol. The van der Waals surface area contributed by atoms with E-state index in [4.69, 9.17) is 0 Å². The summed E-state index contributed by atoms with van der Waals surface area (Å²) in [5.74, 6) is 0. The summed E-state index contributed by atoms with van der Waals surface area (Å²) in [6.45, 7) is 2.20. The number of rotatable bonds is 2. The lowest BCUT2D eigenvalue weighted by atomic mass is 10.1. The molecule has 2 heteroatoms. The molecule has 0 aliphatic carbocycles. The van der Waals surface area contributed by atoms with Gasteiger partial charge in [0.2, 0.25) is 6.33 Å². The quantitative estimate of drug-likeness (QED) is 0.635. The summed E-state index contributed by atoms with van der Waals surface area (Å²) in [4.78, 5) is 0. The lowest BCUT2D eigenvalue weighted by Gasteiger charge is -2.07. The zero-order valence-corrected chi connectivity index (χ0v) is 8.59. The van der Waals surface area contributed by atoms with Crippen molar-refractivity contribution in [2.45, 2.75) is 13.0 Å². The first-order valence-corrected chi connectivity index (χ1v) is 4.85. The lowest BCUT2D eigenvalue weighted by Crippen LogP contribution is -2.24. The Morgan fingerprint density at radius 3 is 2.50 bits per heavy atom. The van der Waals surface area contributed by atoms with E-state index in [9.17, 15) is 0 Å². The molecule has 1 aromatic carbocycles. The van der Waals surface area contributed by atoms with Crippen LogP contribution in [0, 0.1) is 0 Å². The molecule has 2 rings (SSSR count). The van der Waals surface area contributed by atoms with Gasteiger partial charge in [-0.05, 0) is 12.5 Å². The number of nitrogens with zero attached hydrogens (tertiary/aromatic N) is 2. The zero-order chi connectivity index (χ0) is 9.97. The first-order valence-electron chi connectivity index (χ1n) is 4.85. The second-order valence-corrected chi connectivity index (χ2v) is 3.61. The molecular formula is C12H15N2+. The van der Waals surface area contributed by atoms with E-state index in [-0.39, 0.29) is 0 Å². The molecule has 1 atom stereocenters. The Bertz CT molecular complexity index is 403. The Kier molecular flexibility index (Phi) is 2.35. The minimum atomic E-state index is 0.400. The minimum Gasteiger partial charge on any atom is -0.240 e. The molecule has 0 amide bonds. The number of hydrogen-bond donors (Lipinski definition) is 0. The molecule has 0 radical (unpaired) electrons. The van der Waals surface area contributed by atoms with Gasteiger partial charge in [-0.15, -0.1) is 0 Å². The van der Waals surface area contributed by atoms with Gasteiger partial charge in [-0.3, -0.25) is 0 Å². The van der Waals surface area contributed by atoms with Gasteiger partial charge in [-0.1, -0.05) is 30.3 Å². The Morgan fingerprint density at radius 2 is 1.93 bits per heavy atom. The van der Waals surface area contributed by atoms with E-state index in [1.54, 1.807) is 0 Å². The summed E-state index contributed by atoms with van der Waals surface area (Å²) in [6.07, 6.45) is 6.24. The smallest absolute Gasteiger partial charge is 0.240 e. The minimum absolute atomic E-state index is 0.400. The fourth-order valence-electron chi connectivity index (χ4n) is 1.60. The van der Waals surface area contributed by atoms with Gasteiger partial charge < -0.3 is 0 Å². The highest BCUT2D eigenvalue weighted by Crippen LogP contribution is 2.15. The van der Waals surface area contributed by atoms with Crippen molar-refractivity contribution in [1.29, 1.82) is 0 Å². The van der Waals surface area contributed by atoms with Crippen LogP contribution in [-0.4, -0.2) is 4.57 Å². The van der Waals surface area contributed by atoms with Crippen LogP contribution in [0.2, 0.25) is 0 Å². The van der Waals surface area contributed by atoms with Gasteiger partial charge in [0, 0.05) is 0 Å². The molecule has 2 aromatic rings. The lowest BCUT2D eigenvalue weighted by molar-refractivity contribution is -0.671. The van der Waals surface area contributed by atoms with Crippen molar-refractivity contribution in [2.24, 2.45) is 7.05 Å². The Morgan fingerprint density at radius 1 is 1.21 bits per heavy atom. The van der Waals surface area contributed by atoms with E-state index in [2.05, 4.69) is 59.0 Å². The van der Waals surface area contributed by atoms with E-state index >= 15 is 0 Å². The van der Waals surface area contributed by atoms with Crippen LogP contribution in [-0.2, 0) is 7.05 Å². The molecule has 1 heterocycles. The monoisotopic (exact) mass is 187 g/mol. The highest BCUT2D eigenvalue weighted by molar-refractivity contribution is 5.18. The van der Waals surface area contributed by atoms with Crippen molar-refractivity contribution in [3.8, 4) is 0 Å². The van der Waals surface area contributed by atoms with Gasteiger partial charge in [0.25, 0.3) is 0 Å². The van der Waals surface area contributed by atoms with Crippen molar-refractivity contribution in [1.82, 2.24) is 4.57 Å². The SMILES string of the molecule is C[C@@H](c1ccccc1)n1cc[n+](C)c1. The van der Waals surface area contributed by atoms with Gasteiger partial charge in [0.1, 0.15) is 18.4 Å². The fraction of sp³-hybridized carbons (Fsp3) is 0.250. The van der Waals surface area contributed by atoms with Crippen molar-refractivity contribution in [2.75, 3.05) is 0 Å². The van der Waals surface area contributed by atoms with Gasteiger partial charge in [0.15, 0.2) is 0 Å². The largest absolute Gasteiger partial charge is 0.244 e. The summed E-state index contributed by atoms with van der Waals surface area (Å²) < 4.78 is 4.26. The molecule has 0 fully saturated rings. The Hall–Kier alpha value is -1.57. The molecule has 1 aromatic heterocycles. The van der Waals surface area contributed by atoms with Crippen molar-refractivity contribution < 1.29 is 4.57 Å². The van der Waals surface area contributed by atoms with Crippen LogP contribution in [0.3, 0.4) is 0 Å². The molecule has 0 N–H and O–H groups in total. The third-order valence-electron chi connectivity index (χ3n) is 2.52. The van der Waals surface area contributed by atoms with E-state index in [0.717, 1.165) is 0 Å². The van der Waals surface area contributed by atoms with Crippen molar-refractivity contribution in [3.63, 3.8) is 0 Å². The van der Waals surface area contributed by atoms with Crippen LogP contribution >= 0.6 is 0 Å². The van der Waals surface area contributed by atoms with E-state index in [1.807, 2.05) is 13.1 Å². The topological polar surface area (TPSA) is 8.81 Å². The first kappa shape index (κ1) is 9.00. The number of imidazole rings is 1. The summed E-state index contributed by atoms with van der Waals surface area (Å²) in [7, 11) is 2.04. The molecule has 0 aliphatic heterocycles. The molecule has 0 unspecified atom stereocenters. The Balaban J connectivity index is 2.29. The highest BCUT2D eigenvalue weighted by Gasteiger charge is 2.11. The van der Waals surface area contributed by atoms with E-state index in [1.165, 1.54) is 5.56 Å². The maximum Gasteiger partial charge on any atom is 0.244 e. The molecule has 0 aliphatic rings. The maximum absolute atomic E-state index is 2.20. The second kappa shape index (κ2) is 3.66. The third-order valence-corrected chi connectivity index (χ3v) is 2.52. The van der Waals surface area contributed by atoms with Gasteiger partial charge in [-0.25, -0.2) is 9.13 Å². The fourth-order valence-corrected chi connectivity index (χ4v) is 1.60. The number of aromatic nitrogens is 2. The second-order valence-electron chi connectivity index (χ2n) is 3.61. The molecule has 0 saturated heterocycles. The highest BCUT2D eigenvalue weighted by atomic mass is 15.1. The third kappa shape index (κ3) is 1.69. The normalized spacial score (nSPS) is 12.7. The van der Waals surface area contributed by atoms with Crippen LogP contribution in [0.5, 0.6) is 0 Å². The summed E-state index contributed by atoms with van der Waals surface area (Å²) >= 11 is 0. The first-order chi connectivity index (χ1) is 6.77. The van der Waals surface area contributed by atoms with Crippen LogP contribution in [0.4, 0.5) is 0 Å². The summed E-state index contributed by atoms with van der Waals surface area (Å²) in [5, 5.41) is 0. The molecule has 2 nitrogen and oxygen atoms in total. The Labute approximate surface area is 84.4 Å². The van der Waals surface area contributed by atoms with Gasteiger partial charge >= 0.3 is 0 Å². The molecule has 0 bridgehead atoms. The molecular weight excluding hydrogens is 172 g/mol. The van der Waals surface area contributed by atoms with Crippen LogP contribution in [0.15, 0.2) is 49.1 Å². The maximum atomic E-state index is 2.20. The standard InChI is InChI=1S/C12H15N2/c1-11(12-6-4-3-5-7-12)14-9-8-13(2)10-14/h3-11H,1-2H3/q+1/t11-/m0/s1. The number of benzene rings is 1. The van der Waals surface area contributed by atoms with Crippen LogP contribution in [0.25, 0.3) is 0 Å². The zero-order valence-electron chi connectivity index (χ0n) is 8.59. The van der Waals surface area contributed by atoms with E-state index < -0.39 is 0 Å². The van der Waals surface area contributed by atoms with Crippen LogP contribution < -0.4 is 4.57 Å². The predicted octanol–water partition coefficient (Wildman–Crippen LogP) is 1.92. The van der Waals surface area contributed by atoms with Crippen molar-refractivity contribution >= 4 is 0 Å². The van der Waals surface area contributed by atoms with Crippen LogP contribution in [0.1, 0.15) is 18.5 Å². The number of hydrogen-bond acceptors (Lipinski definition) is 0. The molecule has 0 saturated carbocycles.